The predicted molar refractivity (Wildman–Crippen MR) is 312 cm³/mol. The molecule has 2 amide bonds. The number of aryl methyl sites for hydroxylation is 4. The number of unbranched alkanes of at least 4 members (excludes halogenated alkanes) is 1. The number of hydrogen-bond donors (Lipinski definition) is 2. The summed E-state index contributed by atoms with van der Waals surface area (Å²) in [6.45, 7) is 3.58. The van der Waals surface area contributed by atoms with Gasteiger partial charge in [0.2, 0.25) is 22.1 Å². The first kappa shape index (κ1) is 64.3. The quantitative estimate of drug-likeness (QED) is 0.0334. The van der Waals surface area contributed by atoms with Crippen LogP contribution in [0.4, 0.5) is 0 Å². The lowest BCUT2D eigenvalue weighted by Gasteiger charge is -2.24. The molecule has 0 aliphatic rings. The van der Waals surface area contributed by atoms with E-state index in [2.05, 4.69) is 0 Å². The number of amides is 2. The normalized spacial score (nSPS) is 12.3. The average molecular weight is 1250 g/mol. The van der Waals surface area contributed by atoms with Crippen molar-refractivity contribution in [2.24, 2.45) is 0 Å². The van der Waals surface area contributed by atoms with Crippen molar-refractivity contribution in [2.45, 2.75) is 88.1 Å². The van der Waals surface area contributed by atoms with Crippen molar-refractivity contribution in [2.75, 3.05) is 30.3 Å². The minimum atomic E-state index is -4.59. The maximum absolute atomic E-state index is 14.4. The highest BCUT2D eigenvalue weighted by Crippen LogP contribution is 2.32. The molecule has 0 spiro atoms. The molecule has 0 atom stereocenters. The van der Waals surface area contributed by atoms with Gasteiger partial charge in [0.1, 0.15) is 0 Å². The number of carboxylic acids is 1. The van der Waals surface area contributed by atoms with Crippen LogP contribution in [0.5, 0.6) is 0 Å². The van der Waals surface area contributed by atoms with Gasteiger partial charge in [-0.05, 0) is 86.7 Å². The molecule has 0 bridgehead atoms. The summed E-state index contributed by atoms with van der Waals surface area (Å²) in [4.78, 5) is 39.3. The third kappa shape index (κ3) is 15.9. The Balaban J connectivity index is 0.000000245. The zero-order valence-electron chi connectivity index (χ0n) is 45.8. The van der Waals surface area contributed by atoms with Crippen molar-refractivity contribution in [3.63, 3.8) is 0 Å². The van der Waals surface area contributed by atoms with Gasteiger partial charge in [-0.15, -0.1) is 0 Å². The number of para-hydroxylation sites is 4. The van der Waals surface area contributed by atoms with Crippen LogP contribution in [0.25, 0.3) is 43.6 Å². The Morgan fingerprint density at radius 1 is 0.476 bits per heavy atom. The first-order valence-electron chi connectivity index (χ1n) is 26.6. The minimum Gasteiger partial charge on any atom is -0.748 e. The van der Waals surface area contributed by atoms with Crippen LogP contribution >= 0.6 is 0 Å². The van der Waals surface area contributed by atoms with Crippen LogP contribution in [0.1, 0.15) is 83.7 Å². The van der Waals surface area contributed by atoms with Crippen LogP contribution in [0.3, 0.4) is 0 Å². The first-order valence-corrected chi connectivity index (χ1v) is 34.3. The highest BCUT2D eigenvalue weighted by atomic mass is 32.2. The molecule has 26 heteroatoms. The molecule has 6 aromatic carbocycles. The smallest absolute Gasteiger partial charge is 0.303 e. The van der Waals surface area contributed by atoms with Gasteiger partial charge in [0.05, 0.1) is 68.5 Å². The number of nitrogens with zero attached hydrogens (tertiary/aromatic N) is 4. The number of carboxylic acid groups (broad SMARTS) is 1. The van der Waals surface area contributed by atoms with Crippen molar-refractivity contribution < 1.29 is 84.4 Å². The molecule has 2 N–H and O–H groups in total. The van der Waals surface area contributed by atoms with Crippen molar-refractivity contribution in [1.29, 1.82) is 0 Å². The SMILES string of the molecule is CCCCN(C(=O)c1c2ccccc2[n+](CCCS(=O)(=O)[O-])c2ccccc12)S(=O)(=O)c1ccc(C)cc1.O=C(O)CCCc1ccc(S(=O)(=O)N(CCCS(=O)(=O)O)C(=O)c2c3ccccc3[n+](CCCS(=O)(=O)[O-])c3ccccc23)cc1. The predicted octanol–water partition coefficient (Wildman–Crippen LogP) is 6.89. The summed E-state index contributed by atoms with van der Waals surface area (Å²) in [6.07, 6.45) is 1.54. The van der Waals surface area contributed by atoms with Gasteiger partial charge in [0.25, 0.3) is 42.0 Å². The van der Waals surface area contributed by atoms with E-state index in [1.807, 2.05) is 18.4 Å². The van der Waals surface area contributed by atoms with E-state index >= 15 is 0 Å². The Labute approximate surface area is 488 Å². The van der Waals surface area contributed by atoms with Crippen molar-refractivity contribution in [1.82, 2.24) is 8.61 Å². The van der Waals surface area contributed by atoms with Crippen LogP contribution in [0.2, 0.25) is 0 Å². The number of pyridine rings is 2. The molecule has 446 valence electrons. The van der Waals surface area contributed by atoms with Crippen molar-refractivity contribution in [3.8, 4) is 0 Å². The Bertz CT molecular complexity index is 4240. The Morgan fingerprint density at radius 3 is 1.18 bits per heavy atom. The van der Waals surface area contributed by atoms with Gasteiger partial charge in [-0.2, -0.15) is 17.6 Å². The summed E-state index contributed by atoms with van der Waals surface area (Å²) in [5.41, 5.74) is 4.06. The standard InChI is InChI=1S/C30H32N2O11S3.C28H30N2O6S2/c33-28(34)13-5-8-22-14-16-23(17-15-22)46(42,43)32(19-7-21-45(39,40)41)30(35)29-24-9-1-3-11-26(24)31(18-6-20-44(36,37)38)27-12-4-2-10-25(27)29;1-3-4-19-30(38(35,36)22-16-14-21(2)15-17-22)28(31)27-23-10-5-7-12-25(23)29(18-9-20-37(32,33)34)26-13-8-6-11-24(26)27/h1-4,9-12,14-17H,5-8,13,18-21H2,(H2-,33,34,36,37,38,39,40,41);5-8,10-17H,3-4,9,18-20H2,1-2H3. The summed E-state index contributed by atoms with van der Waals surface area (Å²) in [7, 11) is -22.1. The van der Waals surface area contributed by atoms with E-state index in [-0.39, 0.29) is 59.8 Å². The van der Waals surface area contributed by atoms with Gasteiger partial charge in [0.15, 0.2) is 13.1 Å². The van der Waals surface area contributed by atoms with Gasteiger partial charge in [-0.25, -0.2) is 42.3 Å². The molecule has 0 saturated heterocycles. The second-order valence-electron chi connectivity index (χ2n) is 19.8. The fourth-order valence-corrected chi connectivity index (χ4v) is 14.1. The summed E-state index contributed by atoms with van der Waals surface area (Å²) < 4.78 is 160. The van der Waals surface area contributed by atoms with Gasteiger partial charge >= 0.3 is 5.97 Å². The monoisotopic (exact) mass is 1250 g/mol. The molecule has 8 aromatic rings. The number of hydrogen-bond acceptors (Lipinski definition) is 15. The van der Waals surface area contributed by atoms with E-state index in [1.54, 1.807) is 114 Å². The third-order valence-corrected chi connectivity index (χ3v) is 19.7. The van der Waals surface area contributed by atoms with Gasteiger partial charge in [-0.1, -0.05) is 91.7 Å². The Morgan fingerprint density at radius 2 is 0.833 bits per heavy atom. The number of carbonyl (C=O) groups excluding carboxylic acids is 2. The molecule has 84 heavy (non-hydrogen) atoms. The summed E-state index contributed by atoms with van der Waals surface area (Å²) in [5, 5.41) is 10.6. The number of rotatable bonds is 25. The van der Waals surface area contributed by atoms with Crippen molar-refractivity contribution in [3.05, 3.63) is 168 Å². The average Bonchev–Trinajstić information content (AvgIpc) is 0.944. The number of fused-ring (bicyclic) bond motifs is 4. The second-order valence-corrected chi connectivity index (χ2v) is 28.2. The molecular formula is C58H62N4O17S5. The molecule has 21 nitrogen and oxygen atoms in total. The fraction of sp³-hybridized carbons (Fsp3) is 0.293. The van der Waals surface area contributed by atoms with Gasteiger partial charge in [-0.3, -0.25) is 18.9 Å². The minimum absolute atomic E-state index is 0.000354. The lowest BCUT2D eigenvalue weighted by molar-refractivity contribution is -0.645. The maximum atomic E-state index is 14.4. The van der Waals surface area contributed by atoms with Crippen molar-refractivity contribution >= 4 is 112 Å². The Kier molecular flexibility index (Phi) is 20.8. The molecule has 0 fully saturated rings. The van der Waals surface area contributed by atoms with E-state index in [0.717, 1.165) is 9.87 Å². The summed E-state index contributed by atoms with van der Waals surface area (Å²) in [5.74, 6) is -4.46. The zero-order chi connectivity index (χ0) is 61.2. The highest BCUT2D eigenvalue weighted by molar-refractivity contribution is 7.90. The van der Waals surface area contributed by atoms with Crippen LogP contribution in [0.15, 0.2) is 155 Å². The number of benzene rings is 6. The number of aliphatic carboxylic acids is 1. The molecular weight excluding hydrogens is 1180 g/mol. The third-order valence-electron chi connectivity index (χ3n) is 13.7. The van der Waals surface area contributed by atoms with E-state index in [9.17, 15) is 70.1 Å². The molecule has 0 aliphatic heterocycles. The lowest BCUT2D eigenvalue weighted by atomic mass is 10.0. The molecule has 0 aliphatic carbocycles. The van der Waals surface area contributed by atoms with E-state index in [0.29, 0.717) is 79.2 Å². The van der Waals surface area contributed by atoms with Crippen LogP contribution in [-0.2, 0) is 74.7 Å². The first-order chi connectivity index (χ1) is 39.6. The van der Waals surface area contributed by atoms with Crippen LogP contribution in [0, 0.1) is 6.92 Å². The summed E-state index contributed by atoms with van der Waals surface area (Å²) in [6, 6.07) is 39.5. The topological polar surface area (TPSA) is 323 Å². The van der Waals surface area contributed by atoms with E-state index in [4.69, 9.17) is 5.11 Å². The Hall–Kier alpha value is -7.30. The van der Waals surface area contributed by atoms with E-state index in [1.165, 1.54) is 36.4 Å². The van der Waals surface area contributed by atoms with Gasteiger partial charge < -0.3 is 14.2 Å². The zero-order valence-corrected chi connectivity index (χ0v) is 49.9. The van der Waals surface area contributed by atoms with Crippen LogP contribution in [-0.4, -0.2) is 118 Å². The molecule has 0 unspecified atom stereocenters. The maximum Gasteiger partial charge on any atom is 0.303 e. The molecule has 2 heterocycles. The molecule has 8 rings (SSSR count). The van der Waals surface area contributed by atoms with Gasteiger partial charge in [0, 0.05) is 68.1 Å². The second kappa shape index (κ2) is 27.2. The number of carbonyl (C=O) groups is 3. The molecule has 0 radical (unpaired) electrons. The lowest BCUT2D eigenvalue weighted by Crippen LogP contribution is -2.41. The largest absolute Gasteiger partial charge is 0.748 e. The number of aromatic nitrogens is 2. The highest BCUT2D eigenvalue weighted by Gasteiger charge is 2.36. The summed E-state index contributed by atoms with van der Waals surface area (Å²) >= 11 is 0. The molecule has 0 saturated carbocycles. The fourth-order valence-electron chi connectivity index (χ4n) is 9.81. The van der Waals surface area contributed by atoms with Crippen LogP contribution < -0.4 is 9.13 Å². The van der Waals surface area contributed by atoms with E-state index < -0.39 is 98.4 Å². The molecule has 2 aromatic heterocycles. The number of sulfonamides is 2.